The van der Waals surface area contributed by atoms with Gasteiger partial charge in [-0.15, -0.1) is 0 Å². The molecule has 0 aromatic heterocycles. The SMILES string of the molecule is C(C#CC(c1ccccc1)(c1ccc(-c2ccccc2)cc1)c1ccc(-c2ccccc2)cc1)#CC(c1ccccc1)(c1ccc(-c2ccccc2)cc1)c1ccc(-c2ccccc2)cc1. The summed E-state index contributed by atoms with van der Waals surface area (Å²) in [6, 6.07) is 99.0. The van der Waals surface area contributed by atoms with E-state index in [1.165, 1.54) is 22.3 Å². The van der Waals surface area contributed by atoms with Crippen molar-refractivity contribution in [3.05, 3.63) is 312 Å². The lowest BCUT2D eigenvalue weighted by atomic mass is 9.69. The minimum Gasteiger partial charge on any atom is -0.0677 e. The molecule has 0 spiro atoms. The molecule has 0 amide bonds. The topological polar surface area (TPSA) is 0 Å². The van der Waals surface area contributed by atoms with Gasteiger partial charge in [-0.1, -0.05) is 291 Å². The Labute approximate surface area is 389 Å². The van der Waals surface area contributed by atoms with Gasteiger partial charge in [-0.3, -0.25) is 0 Å². The number of benzene rings is 10. The Hall–Kier alpha value is -8.68. The number of hydrogen-bond acceptors (Lipinski definition) is 0. The van der Waals surface area contributed by atoms with Crippen molar-refractivity contribution in [2.45, 2.75) is 10.8 Å². The second kappa shape index (κ2) is 19.0. The average molecular weight is 839 g/mol. The molecule has 10 rings (SSSR count). The zero-order valence-electron chi connectivity index (χ0n) is 36.6. The summed E-state index contributed by atoms with van der Waals surface area (Å²) in [6.45, 7) is 0. The summed E-state index contributed by atoms with van der Waals surface area (Å²) in [5, 5.41) is 0. The molecule has 0 aliphatic carbocycles. The van der Waals surface area contributed by atoms with Crippen LogP contribution in [0.4, 0.5) is 0 Å². The third-order valence-electron chi connectivity index (χ3n) is 12.7. The van der Waals surface area contributed by atoms with Crippen molar-refractivity contribution in [1.82, 2.24) is 0 Å². The summed E-state index contributed by atoms with van der Waals surface area (Å²) in [5.41, 5.74) is 14.0. The summed E-state index contributed by atoms with van der Waals surface area (Å²) in [6.07, 6.45) is 0. The largest absolute Gasteiger partial charge is 0.107 e. The fourth-order valence-electron chi connectivity index (χ4n) is 9.23. The summed E-state index contributed by atoms with van der Waals surface area (Å²) < 4.78 is 0. The van der Waals surface area contributed by atoms with E-state index in [2.05, 4.69) is 303 Å². The predicted octanol–water partition coefficient (Wildman–Crippen LogP) is 15.7. The summed E-state index contributed by atoms with van der Waals surface area (Å²) in [5.74, 6) is 14.8. The van der Waals surface area contributed by atoms with Crippen LogP contribution in [0.1, 0.15) is 33.4 Å². The Balaban J connectivity index is 1.18. The molecular formula is C66H46. The molecule has 0 aliphatic heterocycles. The molecule has 0 N–H and O–H groups in total. The molecule has 0 atom stereocenters. The lowest BCUT2D eigenvalue weighted by Crippen LogP contribution is -2.28. The van der Waals surface area contributed by atoms with Crippen LogP contribution in [0.15, 0.2) is 279 Å². The first-order valence-electron chi connectivity index (χ1n) is 22.5. The maximum Gasteiger partial charge on any atom is 0.107 e. The molecule has 66 heavy (non-hydrogen) atoms. The molecule has 0 saturated carbocycles. The van der Waals surface area contributed by atoms with E-state index in [1.807, 2.05) is 0 Å². The Morgan fingerprint density at radius 1 is 0.167 bits per heavy atom. The first-order chi connectivity index (χ1) is 32.7. The van der Waals surface area contributed by atoms with Crippen molar-refractivity contribution in [3.8, 4) is 68.2 Å². The van der Waals surface area contributed by atoms with Gasteiger partial charge < -0.3 is 0 Å². The van der Waals surface area contributed by atoms with Crippen LogP contribution in [0, 0.1) is 23.7 Å². The van der Waals surface area contributed by atoms with Crippen molar-refractivity contribution in [1.29, 1.82) is 0 Å². The van der Waals surface area contributed by atoms with E-state index in [0.29, 0.717) is 0 Å². The third kappa shape index (κ3) is 8.29. The molecule has 0 radical (unpaired) electrons. The van der Waals surface area contributed by atoms with E-state index >= 15 is 0 Å². The van der Waals surface area contributed by atoms with Gasteiger partial charge in [0.2, 0.25) is 0 Å². The van der Waals surface area contributed by atoms with Crippen LogP contribution in [0.5, 0.6) is 0 Å². The minimum absolute atomic E-state index is 0.857. The molecule has 0 aliphatic rings. The van der Waals surface area contributed by atoms with Crippen LogP contribution < -0.4 is 0 Å². The van der Waals surface area contributed by atoms with E-state index in [4.69, 9.17) is 0 Å². The van der Waals surface area contributed by atoms with E-state index in [9.17, 15) is 0 Å². The highest BCUT2D eigenvalue weighted by Crippen LogP contribution is 2.42. The van der Waals surface area contributed by atoms with Gasteiger partial charge in [-0.05, 0) is 89.7 Å². The molecule has 10 aromatic rings. The monoisotopic (exact) mass is 838 g/mol. The Bertz CT molecular complexity index is 2870. The van der Waals surface area contributed by atoms with Crippen LogP contribution >= 0.6 is 0 Å². The highest BCUT2D eigenvalue weighted by molar-refractivity contribution is 5.71. The van der Waals surface area contributed by atoms with Gasteiger partial charge in [0.05, 0.1) is 0 Å². The van der Waals surface area contributed by atoms with E-state index in [0.717, 1.165) is 55.6 Å². The molecule has 0 bridgehead atoms. The van der Waals surface area contributed by atoms with Gasteiger partial charge in [-0.25, -0.2) is 0 Å². The van der Waals surface area contributed by atoms with Crippen LogP contribution in [0.2, 0.25) is 0 Å². The molecule has 0 heterocycles. The van der Waals surface area contributed by atoms with Crippen molar-refractivity contribution in [2.75, 3.05) is 0 Å². The second-order valence-electron chi connectivity index (χ2n) is 16.5. The summed E-state index contributed by atoms with van der Waals surface area (Å²) in [7, 11) is 0. The fraction of sp³-hybridized carbons (Fsp3) is 0.0303. The third-order valence-corrected chi connectivity index (χ3v) is 12.7. The molecule has 0 saturated heterocycles. The van der Waals surface area contributed by atoms with Crippen LogP contribution in [0.25, 0.3) is 44.5 Å². The van der Waals surface area contributed by atoms with Gasteiger partial charge in [0.1, 0.15) is 10.8 Å². The Kier molecular flexibility index (Phi) is 11.9. The van der Waals surface area contributed by atoms with Crippen LogP contribution in [-0.4, -0.2) is 0 Å². The lowest BCUT2D eigenvalue weighted by Gasteiger charge is -2.31. The smallest absolute Gasteiger partial charge is 0.0677 e. The number of rotatable bonds is 10. The summed E-state index contributed by atoms with van der Waals surface area (Å²) in [4.78, 5) is 0. The Morgan fingerprint density at radius 3 is 0.545 bits per heavy atom. The normalized spacial score (nSPS) is 11.1. The molecular weight excluding hydrogens is 793 g/mol. The maximum atomic E-state index is 3.87. The first-order valence-corrected chi connectivity index (χ1v) is 22.5. The van der Waals surface area contributed by atoms with Gasteiger partial charge in [0, 0.05) is 0 Å². The lowest BCUT2D eigenvalue weighted by molar-refractivity contribution is 0.808. The molecule has 0 nitrogen and oxygen atoms in total. The summed E-state index contributed by atoms with van der Waals surface area (Å²) >= 11 is 0. The highest BCUT2D eigenvalue weighted by atomic mass is 14.4. The molecule has 10 aromatic carbocycles. The van der Waals surface area contributed by atoms with Crippen molar-refractivity contribution < 1.29 is 0 Å². The van der Waals surface area contributed by atoms with E-state index in [-0.39, 0.29) is 0 Å². The molecule has 0 heteroatoms. The second-order valence-corrected chi connectivity index (χ2v) is 16.5. The van der Waals surface area contributed by atoms with Crippen molar-refractivity contribution in [3.63, 3.8) is 0 Å². The van der Waals surface area contributed by atoms with Crippen LogP contribution in [-0.2, 0) is 10.8 Å². The van der Waals surface area contributed by atoms with Crippen molar-refractivity contribution >= 4 is 0 Å². The van der Waals surface area contributed by atoms with Gasteiger partial charge >= 0.3 is 0 Å². The maximum absolute atomic E-state index is 3.87. The highest BCUT2D eigenvalue weighted by Gasteiger charge is 2.37. The zero-order valence-corrected chi connectivity index (χ0v) is 36.6. The average Bonchev–Trinajstić information content (AvgIpc) is 3.42. The predicted molar refractivity (Wildman–Crippen MR) is 276 cm³/mol. The minimum atomic E-state index is -0.857. The molecule has 310 valence electrons. The zero-order chi connectivity index (χ0) is 44.4. The number of hydrogen-bond donors (Lipinski definition) is 0. The molecule has 0 unspecified atom stereocenters. The fourth-order valence-corrected chi connectivity index (χ4v) is 9.23. The van der Waals surface area contributed by atoms with E-state index in [1.54, 1.807) is 0 Å². The van der Waals surface area contributed by atoms with Crippen LogP contribution in [0.3, 0.4) is 0 Å². The van der Waals surface area contributed by atoms with Crippen molar-refractivity contribution in [2.24, 2.45) is 0 Å². The van der Waals surface area contributed by atoms with E-state index < -0.39 is 10.8 Å². The first kappa shape index (κ1) is 41.3. The quantitative estimate of drug-likeness (QED) is 0.0951. The molecule has 0 fully saturated rings. The standard InChI is InChI=1S/C66H46/c1-7-21-51(22-8-1)55-33-41-61(42-34-55)65(59-29-15-5-16-30-59,62-43-35-56(36-44-62)52-23-9-2-10-24-52)49-19-20-50-66(60-31-17-6-18-32-60,63-45-37-57(38-46-63)53-25-11-3-12-26-53)64-47-39-58(40-48-64)54-27-13-4-14-28-54/h1-18,21-48H. The van der Waals surface area contributed by atoms with Gasteiger partial charge in [-0.2, -0.15) is 0 Å². The van der Waals surface area contributed by atoms with Gasteiger partial charge in [0.25, 0.3) is 0 Å². The van der Waals surface area contributed by atoms with Gasteiger partial charge in [0.15, 0.2) is 0 Å². The Morgan fingerprint density at radius 2 is 0.333 bits per heavy atom.